The van der Waals surface area contributed by atoms with Crippen molar-refractivity contribution >= 4 is 17.4 Å². The lowest BCUT2D eigenvalue weighted by Gasteiger charge is -2.12. The Bertz CT molecular complexity index is 669. The number of hydrogen-bond donors (Lipinski definition) is 2. The van der Waals surface area contributed by atoms with Gasteiger partial charge in [0.05, 0.1) is 0 Å². The van der Waals surface area contributed by atoms with Crippen molar-refractivity contribution < 1.29 is 4.79 Å². The number of nitrogens with zero attached hydrogens (tertiary/aromatic N) is 2. The van der Waals surface area contributed by atoms with E-state index >= 15 is 0 Å². The summed E-state index contributed by atoms with van der Waals surface area (Å²) in [5, 5.41) is 6.13. The second-order valence-electron chi connectivity index (χ2n) is 5.46. The van der Waals surface area contributed by atoms with Gasteiger partial charge in [-0.3, -0.25) is 4.79 Å². The number of aryl methyl sites for hydroxylation is 2. The average molecular weight is 298 g/mol. The Morgan fingerprint density at radius 3 is 2.68 bits per heavy atom. The van der Waals surface area contributed by atoms with Crippen molar-refractivity contribution in [3.8, 4) is 0 Å². The van der Waals surface area contributed by atoms with Crippen LogP contribution in [0.1, 0.15) is 42.1 Å². The summed E-state index contributed by atoms with van der Waals surface area (Å²) >= 11 is 0. The summed E-state index contributed by atoms with van der Waals surface area (Å²) < 4.78 is 0. The smallest absolute Gasteiger partial charge is 0.270 e. The van der Waals surface area contributed by atoms with Crippen LogP contribution >= 0.6 is 0 Å². The van der Waals surface area contributed by atoms with E-state index in [1.54, 1.807) is 13.0 Å². The fraction of sp³-hybridized carbons (Fsp3) is 0.353. The van der Waals surface area contributed by atoms with Gasteiger partial charge in [-0.25, -0.2) is 9.97 Å². The van der Waals surface area contributed by atoms with Crippen LogP contribution in [0.2, 0.25) is 0 Å². The maximum absolute atomic E-state index is 12.2. The van der Waals surface area contributed by atoms with Crippen molar-refractivity contribution in [3.63, 3.8) is 0 Å². The molecule has 1 amide bonds. The summed E-state index contributed by atoms with van der Waals surface area (Å²) in [5.74, 6) is 1.01. The largest absolute Gasteiger partial charge is 0.348 e. The molecule has 5 nitrogen and oxygen atoms in total. The monoisotopic (exact) mass is 298 g/mol. The normalized spacial score (nSPS) is 11.8. The summed E-state index contributed by atoms with van der Waals surface area (Å²) in [6, 6.07) is 9.78. The van der Waals surface area contributed by atoms with E-state index in [-0.39, 0.29) is 11.9 Å². The van der Waals surface area contributed by atoms with E-state index < -0.39 is 0 Å². The number of anilines is 2. The Balaban J connectivity index is 2.21. The van der Waals surface area contributed by atoms with E-state index in [9.17, 15) is 4.79 Å². The zero-order valence-corrected chi connectivity index (χ0v) is 13.5. The van der Waals surface area contributed by atoms with Crippen LogP contribution in [0.5, 0.6) is 0 Å². The maximum Gasteiger partial charge on any atom is 0.270 e. The van der Waals surface area contributed by atoms with Gasteiger partial charge in [-0.1, -0.05) is 19.1 Å². The number of carbonyl (C=O) groups is 1. The molecule has 0 spiro atoms. The van der Waals surface area contributed by atoms with E-state index in [2.05, 4.69) is 20.6 Å². The van der Waals surface area contributed by atoms with Gasteiger partial charge in [0.2, 0.25) is 0 Å². The van der Waals surface area contributed by atoms with E-state index in [1.807, 2.05) is 45.0 Å². The molecule has 0 bridgehead atoms. The van der Waals surface area contributed by atoms with Crippen molar-refractivity contribution in [1.29, 1.82) is 0 Å². The molecule has 0 radical (unpaired) electrons. The van der Waals surface area contributed by atoms with Crippen molar-refractivity contribution in [2.75, 3.05) is 5.32 Å². The highest BCUT2D eigenvalue weighted by Gasteiger charge is 2.12. The van der Waals surface area contributed by atoms with Gasteiger partial charge >= 0.3 is 0 Å². The van der Waals surface area contributed by atoms with Crippen LogP contribution < -0.4 is 10.6 Å². The van der Waals surface area contributed by atoms with E-state index in [1.165, 1.54) is 0 Å². The Hall–Kier alpha value is -2.43. The molecule has 1 aromatic heterocycles. The van der Waals surface area contributed by atoms with Gasteiger partial charge in [0.25, 0.3) is 5.91 Å². The van der Waals surface area contributed by atoms with Crippen molar-refractivity contribution in [1.82, 2.24) is 15.3 Å². The van der Waals surface area contributed by atoms with E-state index in [0.29, 0.717) is 17.3 Å². The lowest BCUT2D eigenvalue weighted by atomic mass is 10.2. The molecule has 116 valence electrons. The number of amides is 1. The van der Waals surface area contributed by atoms with Crippen molar-refractivity contribution in [2.24, 2.45) is 0 Å². The van der Waals surface area contributed by atoms with Gasteiger partial charge in [0, 0.05) is 17.8 Å². The summed E-state index contributed by atoms with van der Waals surface area (Å²) in [6.07, 6.45) is 0.879. The number of aromatic nitrogens is 2. The van der Waals surface area contributed by atoms with Crippen LogP contribution in [-0.2, 0) is 0 Å². The van der Waals surface area contributed by atoms with Crippen LogP contribution in [0, 0.1) is 13.8 Å². The van der Waals surface area contributed by atoms with Gasteiger partial charge in [-0.2, -0.15) is 0 Å². The third-order valence-electron chi connectivity index (χ3n) is 3.35. The Kier molecular flexibility index (Phi) is 5.09. The predicted molar refractivity (Wildman–Crippen MR) is 88.4 cm³/mol. The molecule has 0 aliphatic rings. The number of nitrogens with one attached hydrogen (secondary N) is 2. The third-order valence-corrected chi connectivity index (χ3v) is 3.35. The summed E-state index contributed by atoms with van der Waals surface area (Å²) in [5.41, 5.74) is 2.47. The quantitative estimate of drug-likeness (QED) is 0.888. The maximum atomic E-state index is 12.2. The van der Waals surface area contributed by atoms with Gasteiger partial charge in [-0.05, 0) is 44.9 Å². The van der Waals surface area contributed by atoms with Gasteiger partial charge < -0.3 is 10.6 Å². The molecule has 2 N–H and O–H groups in total. The molecule has 22 heavy (non-hydrogen) atoms. The average Bonchev–Trinajstić information content (AvgIpc) is 2.46. The molecular formula is C17H22N4O. The second kappa shape index (κ2) is 7.02. The first-order chi connectivity index (χ1) is 10.5. The molecule has 2 aromatic rings. The molecule has 2 rings (SSSR count). The minimum Gasteiger partial charge on any atom is -0.348 e. The first kappa shape index (κ1) is 15.9. The van der Waals surface area contributed by atoms with Gasteiger partial charge in [0.1, 0.15) is 17.3 Å². The highest BCUT2D eigenvalue weighted by Crippen LogP contribution is 2.16. The minimum absolute atomic E-state index is 0.121. The Morgan fingerprint density at radius 1 is 1.23 bits per heavy atom. The molecular weight excluding hydrogens is 276 g/mol. The zero-order chi connectivity index (χ0) is 16.1. The standard InChI is InChI=1S/C17H22N4O/c1-5-12(3)18-17(22)15-10-16(20-13(4)19-15)21-14-8-6-7-11(2)9-14/h6-10,12H,5H2,1-4H3,(H,18,22)(H,19,20,21). The molecule has 1 unspecified atom stereocenters. The van der Waals surface area contributed by atoms with Crippen LogP contribution in [0.25, 0.3) is 0 Å². The van der Waals surface area contributed by atoms with Crippen LogP contribution in [0.3, 0.4) is 0 Å². The van der Waals surface area contributed by atoms with Crippen molar-refractivity contribution in [2.45, 2.75) is 40.2 Å². The first-order valence-corrected chi connectivity index (χ1v) is 7.48. The number of benzene rings is 1. The number of hydrogen-bond acceptors (Lipinski definition) is 4. The van der Waals surface area contributed by atoms with Crippen LogP contribution in [0.4, 0.5) is 11.5 Å². The molecule has 0 saturated carbocycles. The topological polar surface area (TPSA) is 66.9 Å². The molecule has 1 aromatic carbocycles. The number of carbonyl (C=O) groups excluding carboxylic acids is 1. The SMILES string of the molecule is CCC(C)NC(=O)c1cc(Nc2cccc(C)c2)nc(C)n1. The predicted octanol–water partition coefficient (Wildman–Crippen LogP) is 3.37. The molecule has 1 atom stereocenters. The molecule has 0 saturated heterocycles. The fourth-order valence-electron chi connectivity index (χ4n) is 2.02. The van der Waals surface area contributed by atoms with Crippen LogP contribution in [0.15, 0.2) is 30.3 Å². The van der Waals surface area contributed by atoms with E-state index in [0.717, 1.165) is 17.7 Å². The van der Waals surface area contributed by atoms with Crippen LogP contribution in [-0.4, -0.2) is 21.9 Å². The zero-order valence-electron chi connectivity index (χ0n) is 13.5. The first-order valence-electron chi connectivity index (χ1n) is 7.48. The summed E-state index contributed by atoms with van der Waals surface area (Å²) in [6.45, 7) is 7.81. The third kappa shape index (κ3) is 4.28. The molecule has 5 heteroatoms. The minimum atomic E-state index is -0.174. The molecule has 0 aliphatic heterocycles. The molecule has 0 fully saturated rings. The van der Waals surface area contributed by atoms with E-state index in [4.69, 9.17) is 0 Å². The summed E-state index contributed by atoms with van der Waals surface area (Å²) in [4.78, 5) is 20.8. The summed E-state index contributed by atoms with van der Waals surface area (Å²) in [7, 11) is 0. The lowest BCUT2D eigenvalue weighted by Crippen LogP contribution is -2.32. The Morgan fingerprint density at radius 2 is 2.00 bits per heavy atom. The highest BCUT2D eigenvalue weighted by atomic mass is 16.1. The highest BCUT2D eigenvalue weighted by molar-refractivity contribution is 5.93. The number of rotatable bonds is 5. The van der Waals surface area contributed by atoms with Gasteiger partial charge in [-0.15, -0.1) is 0 Å². The lowest BCUT2D eigenvalue weighted by molar-refractivity contribution is 0.0934. The molecule has 1 heterocycles. The van der Waals surface area contributed by atoms with Crippen molar-refractivity contribution in [3.05, 3.63) is 47.4 Å². The Labute approximate surface area is 131 Å². The second-order valence-corrected chi connectivity index (χ2v) is 5.46. The molecule has 0 aliphatic carbocycles. The van der Waals surface area contributed by atoms with Gasteiger partial charge in [0.15, 0.2) is 0 Å². The fourth-order valence-corrected chi connectivity index (χ4v) is 2.02.